The predicted octanol–water partition coefficient (Wildman–Crippen LogP) is 4.00. The van der Waals surface area contributed by atoms with Crippen LogP contribution in [-0.2, 0) is 9.09 Å². The number of carbonyl (C=O) groups is 1. The quantitative estimate of drug-likeness (QED) is 0.415. The highest BCUT2D eigenvalue weighted by Gasteiger charge is 2.19. The van der Waals surface area contributed by atoms with Gasteiger partial charge in [-0.3, -0.25) is 9.36 Å². The topological polar surface area (TPSA) is 72.8 Å². The van der Waals surface area contributed by atoms with Crippen LogP contribution < -0.4 is 4.74 Å². The van der Waals surface area contributed by atoms with Gasteiger partial charge in [0, 0.05) is 0 Å². The smallest absolute Gasteiger partial charge is 0.332 e. The van der Waals surface area contributed by atoms with Crippen LogP contribution in [0.5, 0.6) is 5.75 Å². The molecule has 0 fully saturated rings. The van der Waals surface area contributed by atoms with E-state index in [1.54, 1.807) is 37.3 Å². The minimum atomic E-state index is -3.62. The number of halogens is 1. The van der Waals surface area contributed by atoms with Gasteiger partial charge in [0.05, 0.1) is 17.8 Å². The molecule has 2 atom stereocenters. The van der Waals surface area contributed by atoms with E-state index in [0.29, 0.717) is 12.2 Å². The maximum absolute atomic E-state index is 11.7. The Bertz CT molecular complexity index is 573. The summed E-state index contributed by atoms with van der Waals surface area (Å²) in [6, 6.07) is 6.61. The fraction of sp³-hybridized carbons (Fsp3) is 0.400. The lowest BCUT2D eigenvalue weighted by Gasteiger charge is -2.15. The monoisotopic (exact) mass is 346 g/mol. The third kappa shape index (κ3) is 6.75. The van der Waals surface area contributed by atoms with Crippen LogP contribution in [0.2, 0.25) is 0 Å². The van der Waals surface area contributed by atoms with Crippen LogP contribution in [0.25, 0.3) is 0 Å². The van der Waals surface area contributed by atoms with Gasteiger partial charge in [0.1, 0.15) is 12.4 Å². The molecule has 1 rings (SSSR count). The molecule has 0 saturated heterocycles. The van der Waals surface area contributed by atoms with Gasteiger partial charge in [0.15, 0.2) is 0 Å². The number of allylic oxidation sites excluding steroid dienone is 1. The fourth-order valence-electron chi connectivity index (χ4n) is 1.57. The molecular formula is C15H20ClO5P. The molecular weight excluding hydrogens is 327 g/mol. The molecule has 122 valence electrons. The van der Waals surface area contributed by atoms with E-state index >= 15 is 0 Å². The van der Waals surface area contributed by atoms with Crippen LogP contribution >= 0.6 is 19.2 Å². The Morgan fingerprint density at radius 1 is 1.41 bits per heavy atom. The zero-order valence-electron chi connectivity index (χ0n) is 12.6. The second-order valence-electron chi connectivity index (χ2n) is 4.70. The zero-order valence-corrected chi connectivity index (χ0v) is 14.2. The molecule has 1 aromatic carbocycles. The van der Waals surface area contributed by atoms with Gasteiger partial charge in [0.2, 0.25) is 0 Å². The molecule has 0 amide bonds. The van der Waals surface area contributed by atoms with Crippen LogP contribution in [0.1, 0.15) is 30.6 Å². The van der Waals surface area contributed by atoms with E-state index in [-0.39, 0.29) is 24.4 Å². The van der Waals surface area contributed by atoms with Gasteiger partial charge in [-0.05, 0) is 37.1 Å². The molecule has 0 radical (unpaired) electrons. The van der Waals surface area contributed by atoms with Gasteiger partial charge < -0.3 is 14.2 Å². The second kappa shape index (κ2) is 9.11. The predicted molar refractivity (Wildman–Crippen MR) is 86.8 cm³/mol. The molecule has 22 heavy (non-hydrogen) atoms. The lowest BCUT2D eigenvalue weighted by Crippen LogP contribution is -2.05. The Morgan fingerprint density at radius 3 is 2.73 bits per heavy atom. The van der Waals surface area contributed by atoms with E-state index < -0.39 is 12.8 Å². The molecule has 0 aromatic heterocycles. The van der Waals surface area contributed by atoms with Crippen molar-refractivity contribution < 1.29 is 23.5 Å². The number of carbonyl (C=O) groups excluding carboxylic acids is 1. The van der Waals surface area contributed by atoms with Crippen molar-refractivity contribution in [3.05, 3.63) is 42.0 Å². The molecule has 0 aliphatic carbocycles. The number of hydrogen-bond acceptors (Lipinski definition) is 4. The summed E-state index contributed by atoms with van der Waals surface area (Å²) in [5.74, 6) is 0.371. The van der Waals surface area contributed by atoms with E-state index in [4.69, 9.17) is 20.9 Å². The lowest BCUT2D eigenvalue weighted by molar-refractivity contribution is 0.107. The van der Waals surface area contributed by atoms with E-state index in [9.17, 15) is 14.3 Å². The summed E-state index contributed by atoms with van der Waals surface area (Å²) in [4.78, 5) is 20.8. The first-order valence-electron chi connectivity index (χ1n) is 6.92. The Balaban J connectivity index is 2.48. The van der Waals surface area contributed by atoms with Gasteiger partial charge in [-0.1, -0.05) is 31.2 Å². The van der Waals surface area contributed by atoms with E-state index in [2.05, 4.69) is 0 Å². The Kier molecular flexibility index (Phi) is 7.83. The Morgan fingerprint density at radius 2 is 2.09 bits per heavy atom. The highest BCUT2D eigenvalue weighted by Crippen LogP contribution is 2.43. The van der Waals surface area contributed by atoms with Crippen LogP contribution in [0, 0.1) is 0 Å². The number of ether oxygens (including phenoxy) is 1. The molecule has 5 nitrogen and oxygen atoms in total. The third-order valence-corrected chi connectivity index (χ3v) is 4.42. The minimum absolute atomic E-state index is 0.0865. The summed E-state index contributed by atoms with van der Waals surface area (Å²) < 4.78 is 22.2. The average molecular weight is 347 g/mol. The molecule has 0 aliphatic heterocycles. The average Bonchev–Trinajstić information content (AvgIpc) is 2.46. The summed E-state index contributed by atoms with van der Waals surface area (Å²) in [5.41, 5.74) is 0.283. The van der Waals surface area contributed by atoms with E-state index in [1.807, 2.05) is 6.92 Å². The van der Waals surface area contributed by atoms with Crippen LogP contribution in [-0.4, -0.2) is 29.0 Å². The van der Waals surface area contributed by atoms with Gasteiger partial charge in [-0.2, -0.15) is 0 Å². The molecule has 0 aliphatic rings. The van der Waals surface area contributed by atoms with Crippen LogP contribution in [0.3, 0.4) is 0 Å². The summed E-state index contributed by atoms with van der Waals surface area (Å²) in [5, 5.41) is -0.596. The van der Waals surface area contributed by atoms with E-state index in [1.165, 1.54) is 6.08 Å². The van der Waals surface area contributed by atoms with Gasteiger partial charge in [-0.15, -0.1) is 0 Å². The summed E-state index contributed by atoms with van der Waals surface area (Å²) in [7, 11) is -3.62. The molecule has 0 spiro atoms. The van der Waals surface area contributed by atoms with Crippen molar-refractivity contribution in [2.24, 2.45) is 0 Å². The summed E-state index contributed by atoms with van der Waals surface area (Å²) >= 11 is 5.45. The first kappa shape index (κ1) is 18.9. The third-order valence-electron chi connectivity index (χ3n) is 2.86. The molecule has 2 unspecified atom stereocenters. The summed E-state index contributed by atoms with van der Waals surface area (Å²) in [6.07, 6.45) is 3.44. The van der Waals surface area contributed by atoms with Gasteiger partial charge in [-0.25, -0.2) is 0 Å². The largest absolute Gasteiger partial charge is 0.489 e. The Hall–Kier alpha value is -1.13. The fourth-order valence-corrected chi connectivity index (χ4v) is 2.94. The van der Waals surface area contributed by atoms with Crippen LogP contribution in [0.4, 0.5) is 0 Å². The van der Waals surface area contributed by atoms with Crippen molar-refractivity contribution >= 4 is 24.4 Å². The Labute approximate surface area is 135 Å². The minimum Gasteiger partial charge on any atom is -0.489 e. The zero-order chi connectivity index (χ0) is 16.6. The molecule has 1 N–H and O–H groups in total. The van der Waals surface area contributed by atoms with Crippen molar-refractivity contribution in [3.63, 3.8) is 0 Å². The number of hydrogen-bond donors (Lipinski definition) is 1. The van der Waals surface area contributed by atoms with Crippen molar-refractivity contribution in [1.29, 1.82) is 0 Å². The molecule has 0 saturated carbocycles. The maximum atomic E-state index is 11.7. The lowest BCUT2D eigenvalue weighted by atomic mass is 10.2. The van der Waals surface area contributed by atoms with Crippen molar-refractivity contribution in [3.8, 4) is 5.75 Å². The number of para-hydroxylation sites is 1. The number of rotatable bonds is 9. The molecule has 0 bridgehead atoms. The van der Waals surface area contributed by atoms with Crippen LogP contribution in [0.15, 0.2) is 36.4 Å². The highest BCUT2D eigenvalue weighted by atomic mass is 35.5. The van der Waals surface area contributed by atoms with E-state index in [0.717, 1.165) is 0 Å². The first-order chi connectivity index (χ1) is 10.4. The normalized spacial score (nSPS) is 15.5. The maximum Gasteiger partial charge on any atom is 0.332 e. The highest BCUT2D eigenvalue weighted by molar-refractivity contribution is 7.53. The standard InChI is InChI=1S/C15H20ClO5P/c1-3-12(2)21-22(18,19)11-7-6-10-20-14-9-5-4-8-13(14)15(16)17/h4-9,12H,3,10-11H2,1-2H3,(H,18,19). The SMILES string of the molecule is CCC(C)OP(=O)(O)CC=CCOc1ccccc1C(=O)Cl. The van der Waals surface area contributed by atoms with Crippen molar-refractivity contribution in [2.45, 2.75) is 26.4 Å². The summed E-state index contributed by atoms with van der Waals surface area (Å²) in [6.45, 7) is 3.78. The molecule has 7 heteroatoms. The second-order valence-corrected chi connectivity index (χ2v) is 6.89. The molecule has 0 heterocycles. The first-order valence-corrected chi connectivity index (χ1v) is 9.06. The molecule has 1 aromatic rings. The van der Waals surface area contributed by atoms with Gasteiger partial charge >= 0.3 is 7.60 Å². The number of benzene rings is 1. The van der Waals surface area contributed by atoms with Gasteiger partial charge in [0.25, 0.3) is 5.24 Å². The van der Waals surface area contributed by atoms with Crippen molar-refractivity contribution in [2.75, 3.05) is 12.8 Å². The van der Waals surface area contributed by atoms with Crippen molar-refractivity contribution in [1.82, 2.24) is 0 Å².